The van der Waals surface area contributed by atoms with Gasteiger partial charge in [0.1, 0.15) is 11.6 Å². The summed E-state index contributed by atoms with van der Waals surface area (Å²) in [6.45, 7) is 22.7. The third-order valence-corrected chi connectivity index (χ3v) is 11.9. The fourth-order valence-corrected chi connectivity index (χ4v) is 9.61. The number of piperidine rings is 1. The number of hydrogen-bond donors (Lipinski definition) is 1. The second-order valence-corrected chi connectivity index (χ2v) is 20.1. The SMILES string of the molecule is CC(=O)[C@H](c1ccccc1)C1CCCCC1.CC(=O)[C@H](c1ccccc1)[C@H]1CCCCN1C(C)(C)C.C[C@@H](Cc1ccccc1)CC(C)(C)C.C[C@H](N)Cc1ccccc1. The van der Waals surface area contributed by atoms with Crippen LogP contribution in [0, 0.1) is 17.3 Å². The van der Waals surface area contributed by atoms with Gasteiger partial charge in [0, 0.05) is 23.5 Å². The van der Waals surface area contributed by atoms with Gasteiger partial charge < -0.3 is 5.73 Å². The minimum absolute atomic E-state index is 0.00993. The van der Waals surface area contributed by atoms with Gasteiger partial charge in [0.25, 0.3) is 0 Å². The van der Waals surface area contributed by atoms with E-state index in [0.29, 0.717) is 23.2 Å². The number of likely N-dealkylation sites (tertiary alicyclic amines) is 1. The first-order chi connectivity index (χ1) is 28.5. The molecule has 4 heteroatoms. The molecule has 0 radical (unpaired) electrons. The highest BCUT2D eigenvalue weighted by molar-refractivity contribution is 5.84. The Bertz CT molecular complexity index is 1740. The molecule has 328 valence electrons. The molecule has 1 saturated carbocycles. The lowest BCUT2D eigenvalue weighted by Crippen LogP contribution is -2.53. The molecule has 4 nitrogen and oxygen atoms in total. The Morgan fingerprint density at radius 2 is 1.00 bits per heavy atom. The second-order valence-electron chi connectivity index (χ2n) is 20.1. The molecule has 1 heterocycles. The van der Waals surface area contributed by atoms with Crippen LogP contribution >= 0.6 is 0 Å². The molecule has 2 aliphatic rings. The molecule has 0 spiro atoms. The van der Waals surface area contributed by atoms with Crippen molar-refractivity contribution in [2.75, 3.05) is 6.54 Å². The number of nitrogens with zero attached hydrogens (tertiary/aromatic N) is 1. The molecule has 4 aromatic rings. The zero-order valence-electron chi connectivity index (χ0n) is 39.3. The molecule has 2 N–H and O–H groups in total. The summed E-state index contributed by atoms with van der Waals surface area (Å²) in [6.07, 6.45) is 13.4. The summed E-state index contributed by atoms with van der Waals surface area (Å²) >= 11 is 0. The first-order valence-corrected chi connectivity index (χ1v) is 23.2. The van der Waals surface area contributed by atoms with Crippen molar-refractivity contribution in [2.24, 2.45) is 23.0 Å². The van der Waals surface area contributed by atoms with Gasteiger partial charge in [-0.1, -0.05) is 175 Å². The van der Waals surface area contributed by atoms with Crippen LogP contribution in [0.25, 0.3) is 0 Å². The standard InChI is InChI=1S/C18H27NO.C15H20O.C14H22.C9H13N/c1-14(20)17(15-10-6-5-7-11-15)16-12-8-9-13-19(16)18(2,3)4;1-12(16)15(13-8-4-2-5-9-13)14-10-6-3-7-11-14;1-12(11-14(2,3)4)10-13-8-6-5-7-9-13;1-8(10)7-9-5-3-2-4-6-9/h5-7,10-11,16-17H,8-9,12-13H2,1-4H3;2,4-5,8-9,14-15H,3,6-7,10-11H2,1H3;5-9,12H,10-11H2,1-4H3;2-6,8H,7,10H2,1H3/t16-,17-;15-;12-;8-/m1100/s1. The highest BCUT2D eigenvalue weighted by Crippen LogP contribution is 2.37. The number of Topliss-reactive ketones (excluding diaryl/α,β-unsaturated/α-hetero) is 2. The Balaban J connectivity index is 0.000000219. The highest BCUT2D eigenvalue weighted by atomic mass is 16.1. The van der Waals surface area contributed by atoms with E-state index in [1.807, 2.05) is 61.5 Å². The van der Waals surface area contributed by atoms with Crippen molar-refractivity contribution in [2.45, 2.75) is 169 Å². The zero-order valence-corrected chi connectivity index (χ0v) is 39.3. The van der Waals surface area contributed by atoms with Gasteiger partial charge in [-0.2, -0.15) is 0 Å². The van der Waals surface area contributed by atoms with Crippen molar-refractivity contribution in [3.05, 3.63) is 144 Å². The average molecular weight is 815 g/mol. The number of carbonyl (C=O) groups is 2. The van der Waals surface area contributed by atoms with Gasteiger partial charge in [0.2, 0.25) is 0 Å². The van der Waals surface area contributed by atoms with Crippen LogP contribution in [0.3, 0.4) is 0 Å². The van der Waals surface area contributed by atoms with E-state index in [-0.39, 0.29) is 29.2 Å². The Morgan fingerprint density at radius 3 is 1.42 bits per heavy atom. The summed E-state index contributed by atoms with van der Waals surface area (Å²) in [5.74, 6) is 2.12. The van der Waals surface area contributed by atoms with Crippen molar-refractivity contribution in [1.82, 2.24) is 4.90 Å². The van der Waals surface area contributed by atoms with Crippen molar-refractivity contribution in [3.63, 3.8) is 0 Å². The Hall–Kier alpha value is -3.86. The van der Waals surface area contributed by atoms with Crippen LogP contribution in [-0.2, 0) is 22.4 Å². The van der Waals surface area contributed by atoms with E-state index < -0.39 is 0 Å². The average Bonchev–Trinajstić information content (AvgIpc) is 3.19. The molecule has 1 saturated heterocycles. The summed E-state index contributed by atoms with van der Waals surface area (Å²) in [6, 6.07) is 42.2. The summed E-state index contributed by atoms with van der Waals surface area (Å²) in [5.41, 5.74) is 11.4. The van der Waals surface area contributed by atoms with Crippen LogP contribution in [-0.4, -0.2) is 40.6 Å². The van der Waals surface area contributed by atoms with Crippen LogP contribution in [0.5, 0.6) is 0 Å². The topological polar surface area (TPSA) is 63.4 Å². The molecule has 6 rings (SSSR count). The maximum atomic E-state index is 12.3. The normalized spacial score (nSPS) is 18.1. The summed E-state index contributed by atoms with van der Waals surface area (Å²) in [7, 11) is 0. The second kappa shape index (κ2) is 25.8. The molecule has 1 aliphatic heterocycles. The monoisotopic (exact) mass is 815 g/mol. The molecule has 0 amide bonds. The number of rotatable bonds is 11. The van der Waals surface area contributed by atoms with Gasteiger partial charge in [-0.3, -0.25) is 14.5 Å². The lowest BCUT2D eigenvalue weighted by atomic mass is 9.75. The van der Waals surface area contributed by atoms with Crippen LogP contribution in [0.2, 0.25) is 0 Å². The molecule has 2 fully saturated rings. The maximum absolute atomic E-state index is 12.3. The first kappa shape index (κ1) is 50.5. The van der Waals surface area contributed by atoms with Gasteiger partial charge in [-0.05, 0) is 133 Å². The van der Waals surface area contributed by atoms with Crippen molar-refractivity contribution < 1.29 is 9.59 Å². The fraction of sp³-hybridized carbons (Fsp3) is 0.536. The predicted octanol–water partition coefficient (Wildman–Crippen LogP) is 13.8. The number of hydrogen-bond acceptors (Lipinski definition) is 4. The lowest BCUT2D eigenvalue weighted by Gasteiger charge is -2.47. The van der Waals surface area contributed by atoms with E-state index in [4.69, 9.17) is 5.73 Å². The molecular formula is C56H82N2O2. The van der Waals surface area contributed by atoms with Crippen LogP contribution < -0.4 is 5.73 Å². The zero-order chi connectivity index (χ0) is 44.1. The first-order valence-electron chi connectivity index (χ1n) is 23.2. The predicted molar refractivity (Wildman–Crippen MR) is 258 cm³/mol. The summed E-state index contributed by atoms with van der Waals surface area (Å²) in [4.78, 5) is 26.7. The van der Waals surface area contributed by atoms with E-state index >= 15 is 0 Å². The van der Waals surface area contributed by atoms with Crippen molar-refractivity contribution in [3.8, 4) is 0 Å². The molecule has 5 atom stereocenters. The smallest absolute Gasteiger partial charge is 0.138 e. The third kappa shape index (κ3) is 18.8. The number of ketones is 2. The molecule has 0 unspecified atom stereocenters. The quantitative estimate of drug-likeness (QED) is 0.164. The van der Waals surface area contributed by atoms with Gasteiger partial charge in [0.15, 0.2) is 0 Å². The molecule has 0 bridgehead atoms. The van der Waals surface area contributed by atoms with Gasteiger partial charge in [-0.25, -0.2) is 0 Å². The molecule has 1 aliphatic carbocycles. The van der Waals surface area contributed by atoms with Gasteiger partial charge in [0.05, 0.1) is 5.92 Å². The molecule has 60 heavy (non-hydrogen) atoms. The Labute approximate surface area is 367 Å². The Kier molecular flexibility index (Phi) is 21.7. The van der Waals surface area contributed by atoms with Crippen LogP contribution in [0.1, 0.15) is 161 Å². The molecule has 4 aromatic carbocycles. The van der Waals surface area contributed by atoms with E-state index in [9.17, 15) is 9.59 Å². The van der Waals surface area contributed by atoms with E-state index in [1.165, 1.54) is 80.0 Å². The highest BCUT2D eigenvalue weighted by Gasteiger charge is 2.38. The van der Waals surface area contributed by atoms with Crippen molar-refractivity contribution in [1.29, 1.82) is 0 Å². The van der Waals surface area contributed by atoms with Gasteiger partial charge in [-0.15, -0.1) is 0 Å². The number of benzene rings is 4. The largest absolute Gasteiger partial charge is 0.328 e. The van der Waals surface area contributed by atoms with Crippen LogP contribution in [0.4, 0.5) is 0 Å². The van der Waals surface area contributed by atoms with E-state index in [1.54, 1.807) is 13.8 Å². The number of nitrogens with two attached hydrogens (primary N) is 1. The minimum atomic E-state index is 0.00993. The summed E-state index contributed by atoms with van der Waals surface area (Å²) < 4.78 is 0. The van der Waals surface area contributed by atoms with Gasteiger partial charge >= 0.3 is 0 Å². The Morgan fingerprint density at radius 1 is 0.583 bits per heavy atom. The maximum Gasteiger partial charge on any atom is 0.138 e. The van der Waals surface area contributed by atoms with Crippen LogP contribution in [0.15, 0.2) is 121 Å². The number of carbonyl (C=O) groups excluding carboxylic acids is 2. The third-order valence-electron chi connectivity index (χ3n) is 11.9. The van der Waals surface area contributed by atoms with E-state index in [2.05, 4.69) is 120 Å². The molecular weight excluding hydrogens is 733 g/mol. The molecule has 0 aromatic heterocycles. The van der Waals surface area contributed by atoms with Crippen molar-refractivity contribution >= 4 is 11.6 Å². The lowest BCUT2D eigenvalue weighted by molar-refractivity contribution is -0.121. The fourth-order valence-electron chi connectivity index (χ4n) is 9.61. The minimum Gasteiger partial charge on any atom is -0.328 e. The van der Waals surface area contributed by atoms with E-state index in [0.717, 1.165) is 25.3 Å². The summed E-state index contributed by atoms with van der Waals surface area (Å²) in [5, 5.41) is 0.